The number of rotatable bonds is 7. The lowest BCUT2D eigenvalue weighted by molar-refractivity contribution is 0.0394. The van der Waals surface area contributed by atoms with Crippen LogP contribution in [0.25, 0.3) is 0 Å². The maximum Gasteiger partial charge on any atom is 0.191 e. The first-order chi connectivity index (χ1) is 11.7. The maximum absolute atomic E-state index is 13.6. The van der Waals surface area contributed by atoms with Crippen LogP contribution in [0.1, 0.15) is 12.5 Å². The molecule has 0 amide bonds. The molecule has 5 nitrogen and oxygen atoms in total. The predicted molar refractivity (Wildman–Crippen MR) is 91.3 cm³/mol. The van der Waals surface area contributed by atoms with Crippen molar-refractivity contribution in [3.05, 3.63) is 35.4 Å². The number of nitrogens with one attached hydrogen (secondary N) is 2. The number of halogens is 2. The molecule has 0 bridgehead atoms. The van der Waals surface area contributed by atoms with Crippen molar-refractivity contribution in [3.63, 3.8) is 0 Å². The molecule has 1 aromatic carbocycles. The Kier molecular flexibility index (Phi) is 7.91. The number of nitrogens with zero attached hydrogens (tertiary/aromatic N) is 2. The van der Waals surface area contributed by atoms with E-state index in [2.05, 4.69) is 20.5 Å². The number of morpholine rings is 1. The van der Waals surface area contributed by atoms with Crippen molar-refractivity contribution in [2.24, 2.45) is 4.99 Å². The minimum atomic E-state index is -0.807. The molecule has 24 heavy (non-hydrogen) atoms. The Morgan fingerprint density at radius 3 is 2.79 bits per heavy atom. The van der Waals surface area contributed by atoms with Gasteiger partial charge in [-0.2, -0.15) is 0 Å². The van der Waals surface area contributed by atoms with Gasteiger partial charge in [0.25, 0.3) is 0 Å². The molecule has 0 radical (unpaired) electrons. The van der Waals surface area contributed by atoms with Crippen molar-refractivity contribution in [1.82, 2.24) is 15.5 Å². The molecule has 1 fully saturated rings. The highest BCUT2D eigenvalue weighted by atomic mass is 19.2. The van der Waals surface area contributed by atoms with Crippen molar-refractivity contribution in [2.75, 3.05) is 52.5 Å². The zero-order valence-corrected chi connectivity index (χ0v) is 14.2. The van der Waals surface area contributed by atoms with Crippen molar-refractivity contribution in [3.8, 4) is 0 Å². The fraction of sp³-hybridized carbons (Fsp3) is 0.588. The van der Waals surface area contributed by atoms with Crippen molar-refractivity contribution in [1.29, 1.82) is 0 Å². The van der Waals surface area contributed by atoms with Crippen molar-refractivity contribution in [2.45, 2.75) is 13.3 Å². The molecule has 0 saturated carbocycles. The summed E-state index contributed by atoms with van der Waals surface area (Å²) < 4.78 is 32.1. The van der Waals surface area contributed by atoms with Crippen LogP contribution in [0.15, 0.2) is 23.2 Å². The van der Waals surface area contributed by atoms with E-state index < -0.39 is 11.6 Å². The average Bonchev–Trinajstić information content (AvgIpc) is 2.59. The zero-order valence-electron chi connectivity index (χ0n) is 14.2. The van der Waals surface area contributed by atoms with Crippen LogP contribution in [0.5, 0.6) is 0 Å². The summed E-state index contributed by atoms with van der Waals surface area (Å²) in [7, 11) is 0. The van der Waals surface area contributed by atoms with Gasteiger partial charge in [0.05, 0.1) is 19.8 Å². The second-order valence-corrected chi connectivity index (χ2v) is 5.60. The Morgan fingerprint density at radius 2 is 2.04 bits per heavy atom. The predicted octanol–water partition coefficient (Wildman–Crippen LogP) is 1.39. The Bertz CT molecular complexity index is 533. The van der Waals surface area contributed by atoms with Crippen LogP contribution in [0.4, 0.5) is 8.78 Å². The lowest BCUT2D eigenvalue weighted by atomic mass is 10.1. The summed E-state index contributed by atoms with van der Waals surface area (Å²) in [6.07, 6.45) is 0.400. The summed E-state index contributed by atoms with van der Waals surface area (Å²) in [4.78, 5) is 6.84. The smallest absolute Gasteiger partial charge is 0.191 e. The van der Waals surface area contributed by atoms with Gasteiger partial charge in [0.1, 0.15) is 0 Å². The quantitative estimate of drug-likeness (QED) is 0.582. The average molecular weight is 340 g/mol. The summed E-state index contributed by atoms with van der Waals surface area (Å²) in [5.74, 6) is -0.880. The molecular formula is C17H26F2N4O. The van der Waals surface area contributed by atoms with Gasteiger partial charge < -0.3 is 15.4 Å². The highest BCUT2D eigenvalue weighted by Crippen LogP contribution is 2.11. The fourth-order valence-corrected chi connectivity index (χ4v) is 2.53. The molecule has 1 heterocycles. The summed E-state index contributed by atoms with van der Waals surface area (Å²) in [6, 6.07) is 4.25. The standard InChI is InChI=1S/C17H26F2N4O/c1-2-20-17(22-8-9-23-10-12-24-13-11-23)21-7-6-14-4-3-5-15(18)16(14)19/h3-5H,2,6-13H2,1H3,(H2,20,21,22). The molecule has 134 valence electrons. The van der Waals surface area contributed by atoms with Gasteiger partial charge in [0.15, 0.2) is 17.6 Å². The third-order valence-electron chi connectivity index (χ3n) is 3.85. The van der Waals surface area contributed by atoms with Crippen LogP contribution in [0.3, 0.4) is 0 Å². The van der Waals surface area contributed by atoms with Gasteiger partial charge in [0.2, 0.25) is 0 Å². The second kappa shape index (κ2) is 10.2. The number of guanidine groups is 1. The molecule has 0 unspecified atom stereocenters. The van der Waals surface area contributed by atoms with Gasteiger partial charge in [0, 0.05) is 32.7 Å². The zero-order chi connectivity index (χ0) is 17.2. The lowest BCUT2D eigenvalue weighted by Crippen LogP contribution is -2.40. The van der Waals surface area contributed by atoms with Gasteiger partial charge in [-0.25, -0.2) is 8.78 Å². The van der Waals surface area contributed by atoms with E-state index in [0.717, 1.165) is 45.5 Å². The number of benzene rings is 1. The SMILES string of the molecule is CCNC(=NCCN1CCOCC1)NCCc1cccc(F)c1F. The Morgan fingerprint density at radius 1 is 1.25 bits per heavy atom. The molecule has 1 saturated heterocycles. The van der Waals surface area contributed by atoms with E-state index in [1.807, 2.05) is 6.92 Å². The van der Waals surface area contributed by atoms with Crippen LogP contribution in [0, 0.1) is 11.6 Å². The fourth-order valence-electron chi connectivity index (χ4n) is 2.53. The van der Waals surface area contributed by atoms with Gasteiger partial charge in [-0.05, 0) is 25.0 Å². The summed E-state index contributed by atoms with van der Waals surface area (Å²) in [5.41, 5.74) is 0.367. The summed E-state index contributed by atoms with van der Waals surface area (Å²) in [6.45, 7) is 8.24. The molecule has 1 aliphatic heterocycles. The number of hydrogen-bond acceptors (Lipinski definition) is 3. The summed E-state index contributed by atoms with van der Waals surface area (Å²) in [5, 5.41) is 6.32. The Labute approximate surface area is 142 Å². The highest BCUT2D eigenvalue weighted by molar-refractivity contribution is 5.79. The molecule has 7 heteroatoms. The normalized spacial score (nSPS) is 16.2. The largest absolute Gasteiger partial charge is 0.379 e. The van der Waals surface area contributed by atoms with E-state index in [9.17, 15) is 8.78 Å². The first-order valence-corrected chi connectivity index (χ1v) is 8.46. The summed E-state index contributed by atoms with van der Waals surface area (Å²) >= 11 is 0. The van der Waals surface area contributed by atoms with Gasteiger partial charge in [-0.3, -0.25) is 9.89 Å². The van der Waals surface area contributed by atoms with Crippen LogP contribution in [-0.4, -0.2) is 63.3 Å². The molecule has 1 aliphatic rings. The molecule has 2 rings (SSSR count). The third-order valence-corrected chi connectivity index (χ3v) is 3.85. The first-order valence-electron chi connectivity index (χ1n) is 8.46. The van der Waals surface area contributed by atoms with E-state index in [0.29, 0.717) is 31.0 Å². The molecule has 0 spiro atoms. The van der Waals surface area contributed by atoms with Gasteiger partial charge in [-0.15, -0.1) is 0 Å². The number of aliphatic imine (C=N–C) groups is 1. The third kappa shape index (κ3) is 6.05. The Hall–Kier alpha value is -1.73. The topological polar surface area (TPSA) is 48.9 Å². The van der Waals surface area contributed by atoms with Crippen LogP contribution in [-0.2, 0) is 11.2 Å². The molecule has 0 atom stereocenters. The van der Waals surface area contributed by atoms with Gasteiger partial charge >= 0.3 is 0 Å². The highest BCUT2D eigenvalue weighted by Gasteiger charge is 2.10. The first kappa shape index (κ1) is 18.6. The number of ether oxygens (including phenoxy) is 1. The molecular weight excluding hydrogens is 314 g/mol. The lowest BCUT2D eigenvalue weighted by Gasteiger charge is -2.25. The minimum Gasteiger partial charge on any atom is -0.379 e. The van der Waals surface area contributed by atoms with Crippen molar-refractivity contribution >= 4 is 5.96 Å². The van der Waals surface area contributed by atoms with Crippen LogP contribution < -0.4 is 10.6 Å². The monoisotopic (exact) mass is 340 g/mol. The van der Waals surface area contributed by atoms with E-state index in [4.69, 9.17) is 4.74 Å². The molecule has 0 aromatic heterocycles. The van der Waals surface area contributed by atoms with E-state index in [-0.39, 0.29) is 0 Å². The van der Waals surface area contributed by atoms with E-state index in [1.54, 1.807) is 6.07 Å². The van der Waals surface area contributed by atoms with E-state index in [1.165, 1.54) is 6.07 Å². The number of hydrogen-bond donors (Lipinski definition) is 2. The Balaban J connectivity index is 1.77. The van der Waals surface area contributed by atoms with Gasteiger partial charge in [-0.1, -0.05) is 12.1 Å². The minimum absolute atomic E-state index is 0.367. The van der Waals surface area contributed by atoms with E-state index >= 15 is 0 Å². The van der Waals surface area contributed by atoms with Crippen LogP contribution in [0.2, 0.25) is 0 Å². The second-order valence-electron chi connectivity index (χ2n) is 5.60. The van der Waals surface area contributed by atoms with Crippen molar-refractivity contribution < 1.29 is 13.5 Å². The van der Waals surface area contributed by atoms with Crippen LogP contribution >= 0.6 is 0 Å². The molecule has 1 aromatic rings. The molecule has 2 N–H and O–H groups in total. The molecule has 0 aliphatic carbocycles. The maximum atomic E-state index is 13.6.